The Labute approximate surface area is 253 Å². The number of hydrogen-bond acceptors (Lipinski definition) is 7. The number of anilines is 1. The summed E-state index contributed by atoms with van der Waals surface area (Å²) in [5, 5.41) is 0. The molecule has 2 heterocycles. The molecular weight excluding hydrogens is 599 g/mol. The minimum absolute atomic E-state index is 0.00514. The van der Waals surface area contributed by atoms with Gasteiger partial charge >= 0.3 is 22.4 Å². The minimum Gasteiger partial charge on any atom is -0.487 e. The molecule has 0 bridgehead atoms. The Morgan fingerprint density at radius 1 is 1.07 bits per heavy atom. The molecule has 0 saturated heterocycles. The van der Waals surface area contributed by atoms with Crippen molar-refractivity contribution in [3.05, 3.63) is 101 Å². The molecule has 44 heavy (non-hydrogen) atoms. The molecule has 0 atom stereocenters. The van der Waals surface area contributed by atoms with Crippen molar-refractivity contribution in [3.8, 4) is 17.2 Å². The Balaban J connectivity index is 1.31. The summed E-state index contributed by atoms with van der Waals surface area (Å²) in [6.45, 7) is 3.11. The second kappa shape index (κ2) is 12.7. The highest BCUT2D eigenvalue weighted by Crippen LogP contribution is 2.33. The van der Waals surface area contributed by atoms with Gasteiger partial charge in [-0.15, -0.1) is 0 Å². The van der Waals surface area contributed by atoms with Gasteiger partial charge in [-0.2, -0.15) is 25.9 Å². The Kier molecular flexibility index (Phi) is 8.97. The number of carbonyl (C=O) groups excluding carboxylic acids is 1. The third kappa shape index (κ3) is 6.89. The third-order valence-corrected chi connectivity index (χ3v) is 8.89. The largest absolute Gasteiger partial charge is 0.487 e. The van der Waals surface area contributed by atoms with Crippen molar-refractivity contribution in [2.24, 2.45) is 0 Å². The van der Waals surface area contributed by atoms with Gasteiger partial charge in [0.1, 0.15) is 30.4 Å². The first-order chi connectivity index (χ1) is 21.0. The van der Waals surface area contributed by atoms with Crippen LogP contribution in [0.25, 0.3) is 11.5 Å². The molecule has 5 rings (SSSR count). The first-order valence-electron chi connectivity index (χ1n) is 13.8. The van der Waals surface area contributed by atoms with E-state index in [0.717, 1.165) is 22.0 Å². The van der Waals surface area contributed by atoms with E-state index in [0.29, 0.717) is 40.4 Å². The van der Waals surface area contributed by atoms with Crippen LogP contribution in [-0.2, 0) is 45.5 Å². The van der Waals surface area contributed by atoms with Crippen LogP contribution in [0.15, 0.2) is 77.2 Å². The van der Waals surface area contributed by atoms with Crippen LogP contribution in [0.3, 0.4) is 0 Å². The van der Waals surface area contributed by atoms with Crippen LogP contribution >= 0.6 is 0 Å². The maximum absolute atomic E-state index is 13.8. The SMILES string of the molecule is CCOC(=O)CN(Cc1cccc(OCc2nc(-c3ccc(C(F)(F)F)cc3)oc2C)c1)S(=O)(=O)N1CCc2ccccc21. The quantitative estimate of drug-likeness (QED) is 0.190. The molecule has 0 N–H and O–H groups in total. The maximum atomic E-state index is 13.8. The number of fused-ring (bicyclic) bond motifs is 1. The molecule has 9 nitrogen and oxygen atoms in total. The molecule has 1 aliphatic rings. The van der Waals surface area contributed by atoms with Crippen molar-refractivity contribution in [2.45, 2.75) is 39.6 Å². The zero-order chi connectivity index (χ0) is 31.5. The number of aromatic nitrogens is 1. The monoisotopic (exact) mass is 629 g/mol. The van der Waals surface area contributed by atoms with E-state index in [1.165, 1.54) is 16.4 Å². The van der Waals surface area contributed by atoms with Crippen LogP contribution < -0.4 is 9.04 Å². The van der Waals surface area contributed by atoms with E-state index in [2.05, 4.69) is 4.98 Å². The zero-order valence-corrected chi connectivity index (χ0v) is 24.8. The van der Waals surface area contributed by atoms with E-state index in [-0.39, 0.29) is 32.2 Å². The molecule has 13 heteroatoms. The molecule has 1 aromatic heterocycles. The normalized spacial score (nSPS) is 13.3. The van der Waals surface area contributed by atoms with Crippen LogP contribution in [0.2, 0.25) is 0 Å². The number of aryl methyl sites for hydroxylation is 1. The summed E-state index contributed by atoms with van der Waals surface area (Å²) >= 11 is 0. The van der Waals surface area contributed by atoms with Crippen molar-refractivity contribution in [3.63, 3.8) is 0 Å². The Morgan fingerprint density at radius 2 is 1.82 bits per heavy atom. The van der Waals surface area contributed by atoms with Gasteiger partial charge in [-0.05, 0) is 73.9 Å². The second-order valence-electron chi connectivity index (χ2n) is 10.1. The summed E-state index contributed by atoms with van der Waals surface area (Å²) in [6, 6.07) is 18.5. The zero-order valence-electron chi connectivity index (χ0n) is 24.0. The van der Waals surface area contributed by atoms with E-state index in [1.807, 2.05) is 12.1 Å². The van der Waals surface area contributed by atoms with Gasteiger partial charge in [0.25, 0.3) is 0 Å². The molecule has 0 spiro atoms. The average Bonchev–Trinajstić information content (AvgIpc) is 3.59. The Morgan fingerprint density at radius 3 is 2.55 bits per heavy atom. The fourth-order valence-corrected chi connectivity index (χ4v) is 6.44. The molecule has 0 saturated carbocycles. The number of nitrogens with zero attached hydrogens (tertiary/aromatic N) is 3. The fraction of sp³-hybridized carbons (Fsp3) is 0.290. The molecule has 0 aliphatic carbocycles. The molecule has 0 amide bonds. The molecule has 4 aromatic rings. The predicted molar refractivity (Wildman–Crippen MR) is 156 cm³/mol. The van der Waals surface area contributed by atoms with Crippen LogP contribution in [0.4, 0.5) is 18.9 Å². The van der Waals surface area contributed by atoms with Crippen LogP contribution in [0.5, 0.6) is 5.75 Å². The smallest absolute Gasteiger partial charge is 0.416 e. The summed E-state index contributed by atoms with van der Waals surface area (Å²) < 4.78 is 85.4. The summed E-state index contributed by atoms with van der Waals surface area (Å²) in [7, 11) is -4.09. The van der Waals surface area contributed by atoms with Gasteiger partial charge in [-0.1, -0.05) is 30.3 Å². The molecule has 0 radical (unpaired) electrons. The number of hydrogen-bond donors (Lipinski definition) is 0. The topological polar surface area (TPSA) is 102 Å². The van der Waals surface area contributed by atoms with Gasteiger partial charge < -0.3 is 13.9 Å². The maximum Gasteiger partial charge on any atom is 0.416 e. The van der Waals surface area contributed by atoms with Gasteiger partial charge in [-0.3, -0.25) is 9.10 Å². The highest BCUT2D eigenvalue weighted by molar-refractivity contribution is 7.90. The number of alkyl halides is 3. The third-order valence-electron chi connectivity index (χ3n) is 7.04. The highest BCUT2D eigenvalue weighted by atomic mass is 32.2. The minimum atomic E-state index is -4.45. The van der Waals surface area contributed by atoms with Crippen molar-refractivity contribution in [2.75, 3.05) is 24.0 Å². The van der Waals surface area contributed by atoms with Crippen molar-refractivity contribution >= 4 is 21.9 Å². The number of oxazole rings is 1. The van der Waals surface area contributed by atoms with Crippen LogP contribution in [-0.4, -0.2) is 43.4 Å². The van der Waals surface area contributed by atoms with E-state index < -0.39 is 34.5 Å². The van der Waals surface area contributed by atoms with Crippen molar-refractivity contribution in [1.29, 1.82) is 0 Å². The molecule has 1 aliphatic heterocycles. The van der Waals surface area contributed by atoms with E-state index in [4.69, 9.17) is 13.9 Å². The predicted octanol–water partition coefficient (Wildman–Crippen LogP) is 5.92. The first-order valence-corrected chi connectivity index (χ1v) is 15.2. The number of ether oxygens (including phenoxy) is 2. The summed E-state index contributed by atoms with van der Waals surface area (Å²) in [6.07, 6.45) is -3.88. The Hall–Kier alpha value is -4.36. The van der Waals surface area contributed by atoms with Crippen LogP contribution in [0.1, 0.15) is 35.1 Å². The first kappa shape index (κ1) is 31.1. The van der Waals surface area contributed by atoms with Crippen LogP contribution in [0, 0.1) is 6.92 Å². The number of benzene rings is 3. The van der Waals surface area contributed by atoms with E-state index >= 15 is 0 Å². The highest BCUT2D eigenvalue weighted by Gasteiger charge is 2.36. The van der Waals surface area contributed by atoms with Gasteiger partial charge in [0.05, 0.1) is 17.9 Å². The lowest BCUT2D eigenvalue weighted by atomic mass is 10.1. The lowest BCUT2D eigenvalue weighted by Gasteiger charge is -2.28. The standard InChI is InChI=1S/C31H30F3N3O6S/c1-3-41-29(38)19-36(44(39,40)37-16-15-23-8-4-5-10-28(23)37)18-22-7-6-9-26(17-22)42-20-27-21(2)43-30(35-27)24-11-13-25(14-12-24)31(32,33)34/h4-14,17H,3,15-16,18-20H2,1-2H3. The molecule has 0 unspecified atom stereocenters. The summed E-state index contributed by atoms with van der Waals surface area (Å²) in [4.78, 5) is 16.8. The Bertz CT molecular complexity index is 1740. The fourth-order valence-electron chi connectivity index (χ4n) is 4.83. The van der Waals surface area contributed by atoms with Crippen molar-refractivity contribution < 1.29 is 40.3 Å². The van der Waals surface area contributed by atoms with E-state index in [1.54, 1.807) is 50.2 Å². The lowest BCUT2D eigenvalue weighted by Crippen LogP contribution is -2.45. The summed E-state index contributed by atoms with van der Waals surface area (Å²) in [5.74, 6) is 0.350. The van der Waals surface area contributed by atoms with E-state index in [9.17, 15) is 26.4 Å². The lowest BCUT2D eigenvalue weighted by molar-refractivity contribution is -0.143. The molecule has 232 valence electrons. The van der Waals surface area contributed by atoms with Gasteiger partial charge in [-0.25, -0.2) is 4.98 Å². The van der Waals surface area contributed by atoms with Crippen molar-refractivity contribution in [1.82, 2.24) is 9.29 Å². The molecule has 0 fully saturated rings. The van der Waals surface area contributed by atoms with Gasteiger partial charge in [0, 0.05) is 18.7 Å². The second-order valence-corrected chi connectivity index (χ2v) is 11.9. The number of para-hydroxylation sites is 1. The number of carbonyl (C=O) groups is 1. The average molecular weight is 630 g/mol. The summed E-state index contributed by atoms with van der Waals surface area (Å²) in [5.41, 5.74) is 2.13. The number of esters is 1. The number of halogens is 3. The van der Waals surface area contributed by atoms with Gasteiger partial charge in [0.15, 0.2) is 0 Å². The molecule has 3 aromatic carbocycles. The molecular formula is C31H30F3N3O6S. The van der Waals surface area contributed by atoms with Gasteiger partial charge in [0.2, 0.25) is 5.89 Å². The number of rotatable bonds is 11.